The number of ether oxygens (including phenoxy) is 2. The van der Waals surface area contributed by atoms with Gasteiger partial charge >= 0.3 is 6.18 Å². The van der Waals surface area contributed by atoms with E-state index in [4.69, 9.17) is 9.47 Å². The fourth-order valence-corrected chi connectivity index (χ4v) is 5.68. The van der Waals surface area contributed by atoms with Crippen molar-refractivity contribution >= 4 is 27.5 Å². The normalized spacial score (nSPS) is 18.5. The van der Waals surface area contributed by atoms with Crippen LogP contribution in [0.5, 0.6) is 5.75 Å². The molecular formula is C25H31F3N4O6S. The van der Waals surface area contributed by atoms with E-state index in [2.05, 4.69) is 15.7 Å². The molecule has 1 spiro atoms. The van der Waals surface area contributed by atoms with E-state index in [-0.39, 0.29) is 24.4 Å². The van der Waals surface area contributed by atoms with Crippen LogP contribution in [0.3, 0.4) is 0 Å². The van der Waals surface area contributed by atoms with Gasteiger partial charge in [0.15, 0.2) is 9.84 Å². The molecule has 2 amide bonds. The molecule has 14 heteroatoms. The summed E-state index contributed by atoms with van der Waals surface area (Å²) < 4.78 is 72.5. The van der Waals surface area contributed by atoms with E-state index >= 15 is 0 Å². The molecule has 0 unspecified atom stereocenters. The third kappa shape index (κ3) is 6.90. The van der Waals surface area contributed by atoms with Gasteiger partial charge in [0.05, 0.1) is 17.8 Å². The van der Waals surface area contributed by atoms with Gasteiger partial charge in [0, 0.05) is 39.4 Å². The maximum atomic E-state index is 13.4. The van der Waals surface area contributed by atoms with Crippen molar-refractivity contribution in [2.24, 2.45) is 0 Å². The van der Waals surface area contributed by atoms with Gasteiger partial charge in [-0.25, -0.2) is 13.1 Å². The molecule has 2 aliphatic rings. The third-order valence-corrected chi connectivity index (χ3v) is 7.52. The van der Waals surface area contributed by atoms with Crippen molar-refractivity contribution in [2.75, 3.05) is 37.6 Å². The minimum atomic E-state index is -4.22. The van der Waals surface area contributed by atoms with Gasteiger partial charge in [-0.3, -0.25) is 9.59 Å². The molecule has 1 aromatic heterocycles. The monoisotopic (exact) mass is 572 g/mol. The van der Waals surface area contributed by atoms with Gasteiger partial charge in [0.25, 0.3) is 5.91 Å². The molecule has 1 aliphatic heterocycles. The molecule has 1 atom stereocenters. The molecule has 2 aromatic rings. The molecule has 0 saturated carbocycles. The number of halogens is 3. The van der Waals surface area contributed by atoms with Gasteiger partial charge in [0.1, 0.15) is 22.9 Å². The van der Waals surface area contributed by atoms with Crippen molar-refractivity contribution < 1.29 is 40.7 Å². The number of aryl methyl sites for hydroxylation is 2. The fourth-order valence-electron chi connectivity index (χ4n) is 5.13. The molecule has 0 radical (unpaired) electrons. The summed E-state index contributed by atoms with van der Waals surface area (Å²) in [5.41, 5.74) is 1.73. The Hall–Kier alpha value is -3.13. The van der Waals surface area contributed by atoms with Gasteiger partial charge in [-0.15, -0.1) is 0 Å². The standard InChI is InChI=1S/C25H31F3N4O6S/c1-37-11-4-10-32-22(29-20(33)15-39(2,35)36)21-19(31-32)14-24(30-23(21)34)9-7-16-13-17(5-6-18(16)24)38-12-3-8-25(26,27)28/h5-6,13H,3-4,7-12,14-15H2,1-2H3,(H,29,33)(H,30,34)/t24-/m0/s1. The first-order valence-electron chi connectivity index (χ1n) is 12.5. The number of aromatic nitrogens is 2. The number of carbonyl (C=O) groups is 2. The average Bonchev–Trinajstić information content (AvgIpc) is 3.33. The Bertz CT molecular complexity index is 1360. The number of carbonyl (C=O) groups excluding carboxylic acids is 2. The number of sulfone groups is 1. The van der Waals surface area contributed by atoms with Gasteiger partial charge in [-0.2, -0.15) is 18.3 Å². The summed E-state index contributed by atoms with van der Waals surface area (Å²) in [7, 11) is -2.03. The predicted octanol–water partition coefficient (Wildman–Crippen LogP) is 2.75. The van der Waals surface area contributed by atoms with Crippen LogP contribution in [-0.4, -0.2) is 68.5 Å². The zero-order chi connectivity index (χ0) is 28.4. The van der Waals surface area contributed by atoms with Crippen LogP contribution in [0.2, 0.25) is 0 Å². The lowest BCUT2D eigenvalue weighted by molar-refractivity contribution is -0.136. The molecule has 1 aliphatic carbocycles. The van der Waals surface area contributed by atoms with Crippen LogP contribution in [-0.2, 0) is 44.3 Å². The number of fused-ring (bicyclic) bond motifs is 3. The average molecular weight is 573 g/mol. The molecule has 39 heavy (non-hydrogen) atoms. The molecule has 10 nitrogen and oxygen atoms in total. The smallest absolute Gasteiger partial charge is 0.389 e. The Morgan fingerprint density at radius 3 is 2.72 bits per heavy atom. The quantitative estimate of drug-likeness (QED) is 0.396. The number of rotatable bonds is 11. The zero-order valence-corrected chi connectivity index (χ0v) is 22.5. The summed E-state index contributed by atoms with van der Waals surface area (Å²) in [6, 6.07) is 5.29. The molecule has 2 heterocycles. The molecule has 1 aromatic carbocycles. The number of nitrogens with one attached hydrogen (secondary N) is 2. The summed E-state index contributed by atoms with van der Waals surface area (Å²) in [5.74, 6) is -1.33. The Kier molecular flexibility index (Phi) is 8.26. The Morgan fingerprint density at radius 2 is 2.03 bits per heavy atom. The number of hydrogen-bond acceptors (Lipinski definition) is 7. The van der Waals surface area contributed by atoms with E-state index in [9.17, 15) is 31.2 Å². The van der Waals surface area contributed by atoms with Crippen molar-refractivity contribution in [3.63, 3.8) is 0 Å². The summed E-state index contributed by atoms with van der Waals surface area (Å²) in [6.45, 7) is 0.699. The van der Waals surface area contributed by atoms with Crippen LogP contribution < -0.4 is 15.4 Å². The lowest BCUT2D eigenvalue weighted by Crippen LogP contribution is -2.49. The maximum Gasteiger partial charge on any atom is 0.389 e. The lowest BCUT2D eigenvalue weighted by Gasteiger charge is -2.35. The van der Waals surface area contributed by atoms with Crippen LogP contribution in [0.1, 0.15) is 52.9 Å². The second-order valence-electron chi connectivity index (χ2n) is 9.96. The van der Waals surface area contributed by atoms with Gasteiger partial charge in [-0.1, -0.05) is 6.07 Å². The number of hydrogen-bond donors (Lipinski definition) is 2. The summed E-state index contributed by atoms with van der Waals surface area (Å²) in [6.07, 6.45) is -2.23. The largest absolute Gasteiger partial charge is 0.494 e. The van der Waals surface area contributed by atoms with Crippen LogP contribution in [0, 0.1) is 0 Å². The number of anilines is 1. The van der Waals surface area contributed by atoms with Crippen molar-refractivity contribution in [2.45, 2.75) is 56.8 Å². The van der Waals surface area contributed by atoms with Crippen LogP contribution in [0.15, 0.2) is 18.2 Å². The minimum absolute atomic E-state index is 0.0577. The van der Waals surface area contributed by atoms with E-state index in [1.165, 1.54) is 4.68 Å². The predicted molar refractivity (Wildman–Crippen MR) is 135 cm³/mol. The zero-order valence-electron chi connectivity index (χ0n) is 21.7. The van der Waals surface area contributed by atoms with Crippen LogP contribution in [0.4, 0.5) is 19.0 Å². The number of nitrogens with zero attached hydrogens (tertiary/aromatic N) is 2. The highest BCUT2D eigenvalue weighted by atomic mass is 32.2. The third-order valence-electron chi connectivity index (χ3n) is 6.73. The molecular weight excluding hydrogens is 541 g/mol. The molecule has 214 valence electrons. The highest BCUT2D eigenvalue weighted by Crippen LogP contribution is 2.44. The second-order valence-corrected chi connectivity index (χ2v) is 12.1. The van der Waals surface area contributed by atoms with E-state index in [0.29, 0.717) is 50.3 Å². The maximum absolute atomic E-state index is 13.4. The highest BCUT2D eigenvalue weighted by Gasteiger charge is 2.46. The molecule has 4 rings (SSSR count). The first-order chi connectivity index (χ1) is 18.3. The van der Waals surface area contributed by atoms with E-state index in [1.54, 1.807) is 19.2 Å². The highest BCUT2D eigenvalue weighted by molar-refractivity contribution is 7.91. The second kappa shape index (κ2) is 11.2. The van der Waals surface area contributed by atoms with E-state index in [0.717, 1.165) is 17.4 Å². The molecule has 0 saturated heterocycles. The van der Waals surface area contributed by atoms with Gasteiger partial charge < -0.3 is 20.1 Å². The van der Waals surface area contributed by atoms with Crippen molar-refractivity contribution in [1.82, 2.24) is 15.1 Å². The molecule has 0 fully saturated rings. The Labute approximate surface area is 224 Å². The van der Waals surface area contributed by atoms with Crippen molar-refractivity contribution in [3.8, 4) is 5.75 Å². The number of alkyl halides is 3. The Morgan fingerprint density at radius 1 is 1.26 bits per heavy atom. The summed E-state index contributed by atoms with van der Waals surface area (Å²) in [5, 5.41) is 10.3. The van der Waals surface area contributed by atoms with E-state index < -0.39 is 45.5 Å². The van der Waals surface area contributed by atoms with Crippen LogP contribution >= 0.6 is 0 Å². The summed E-state index contributed by atoms with van der Waals surface area (Å²) in [4.78, 5) is 25.9. The first-order valence-corrected chi connectivity index (χ1v) is 14.6. The van der Waals surface area contributed by atoms with Gasteiger partial charge in [0.2, 0.25) is 5.91 Å². The Balaban J connectivity index is 1.56. The van der Waals surface area contributed by atoms with Crippen molar-refractivity contribution in [1.29, 1.82) is 0 Å². The topological polar surface area (TPSA) is 129 Å². The lowest BCUT2D eigenvalue weighted by atomic mass is 9.82. The van der Waals surface area contributed by atoms with E-state index in [1.807, 2.05) is 6.07 Å². The SMILES string of the molecule is COCCCn1nc2c(c1NC(=O)CS(C)(=O)=O)C(=O)N[C@@]1(CCc3cc(OCCCC(F)(F)F)ccc31)C2. The first kappa shape index (κ1) is 28.9. The fraction of sp³-hybridized carbons (Fsp3) is 0.560. The minimum Gasteiger partial charge on any atom is -0.494 e. The van der Waals surface area contributed by atoms with Crippen molar-refractivity contribution in [3.05, 3.63) is 40.6 Å². The van der Waals surface area contributed by atoms with Gasteiger partial charge in [-0.05, 0) is 48.9 Å². The molecule has 2 N–H and O–H groups in total. The summed E-state index contributed by atoms with van der Waals surface area (Å²) >= 11 is 0. The molecule has 0 bridgehead atoms. The number of benzene rings is 1. The van der Waals surface area contributed by atoms with Crippen LogP contribution in [0.25, 0.3) is 0 Å². The number of methoxy groups -OCH3 is 1. The number of amides is 2.